The van der Waals surface area contributed by atoms with Crippen LogP contribution in [0.2, 0.25) is 0 Å². The van der Waals surface area contributed by atoms with Gasteiger partial charge in [0.25, 0.3) is 0 Å². The third-order valence-electron chi connectivity index (χ3n) is 3.44. The van der Waals surface area contributed by atoms with E-state index in [1.54, 1.807) is 24.3 Å². The summed E-state index contributed by atoms with van der Waals surface area (Å²) in [6.45, 7) is 0.238. The molecule has 0 atom stereocenters. The predicted molar refractivity (Wildman–Crippen MR) is 86.4 cm³/mol. The Bertz CT molecular complexity index is 974. The highest BCUT2D eigenvalue weighted by Crippen LogP contribution is 2.23. The van der Waals surface area contributed by atoms with Crippen molar-refractivity contribution in [1.29, 1.82) is 0 Å². The van der Waals surface area contributed by atoms with Gasteiger partial charge < -0.3 is 5.32 Å². The quantitative estimate of drug-likeness (QED) is 0.796. The van der Waals surface area contributed by atoms with Crippen LogP contribution < -0.4 is 5.32 Å². The third kappa shape index (κ3) is 3.29. The molecule has 1 N–H and O–H groups in total. The molecule has 0 aliphatic carbocycles. The summed E-state index contributed by atoms with van der Waals surface area (Å²) in [7, 11) is -3.33. The van der Waals surface area contributed by atoms with Gasteiger partial charge in [-0.05, 0) is 24.3 Å². The van der Waals surface area contributed by atoms with Crippen molar-refractivity contribution in [2.24, 2.45) is 0 Å². The molecule has 0 fully saturated rings. The van der Waals surface area contributed by atoms with Crippen LogP contribution in [-0.4, -0.2) is 24.6 Å². The Labute approximate surface area is 133 Å². The van der Waals surface area contributed by atoms with E-state index in [1.807, 2.05) is 0 Å². The number of nitrogens with zero attached hydrogens (tertiary/aromatic N) is 2. The van der Waals surface area contributed by atoms with Gasteiger partial charge in [0.1, 0.15) is 18.0 Å². The van der Waals surface area contributed by atoms with Crippen molar-refractivity contribution < 1.29 is 12.8 Å². The van der Waals surface area contributed by atoms with E-state index in [-0.39, 0.29) is 17.3 Å². The molecule has 0 spiro atoms. The summed E-state index contributed by atoms with van der Waals surface area (Å²) in [6, 6.07) is 11.1. The molecule has 0 unspecified atom stereocenters. The lowest BCUT2D eigenvalue weighted by Gasteiger charge is -2.10. The molecule has 2 aromatic carbocycles. The van der Waals surface area contributed by atoms with E-state index >= 15 is 0 Å². The highest BCUT2D eigenvalue weighted by molar-refractivity contribution is 7.90. The van der Waals surface area contributed by atoms with Crippen molar-refractivity contribution in [3.8, 4) is 0 Å². The second-order valence-corrected chi connectivity index (χ2v) is 7.13. The highest BCUT2D eigenvalue weighted by atomic mass is 32.2. The Morgan fingerprint density at radius 1 is 1.13 bits per heavy atom. The number of halogens is 1. The molecule has 0 aliphatic rings. The summed E-state index contributed by atoms with van der Waals surface area (Å²) >= 11 is 0. The van der Waals surface area contributed by atoms with E-state index in [9.17, 15) is 12.8 Å². The van der Waals surface area contributed by atoms with E-state index in [1.165, 1.54) is 24.5 Å². The van der Waals surface area contributed by atoms with Crippen LogP contribution in [0.3, 0.4) is 0 Å². The molecule has 0 amide bonds. The summed E-state index contributed by atoms with van der Waals surface area (Å²) in [5.41, 5.74) is 1.11. The zero-order chi connectivity index (χ0) is 16.4. The molecule has 5 nitrogen and oxygen atoms in total. The van der Waals surface area contributed by atoms with Crippen LogP contribution in [-0.2, 0) is 16.4 Å². The maximum Gasteiger partial charge on any atom is 0.175 e. The molecule has 1 aromatic heterocycles. The normalized spacial score (nSPS) is 11.6. The lowest BCUT2D eigenvalue weighted by atomic mass is 10.2. The fourth-order valence-corrected chi connectivity index (χ4v) is 2.88. The number of fused-ring (bicyclic) bond motifs is 1. The van der Waals surface area contributed by atoms with Crippen LogP contribution in [0.15, 0.2) is 53.7 Å². The topological polar surface area (TPSA) is 72.0 Å². The summed E-state index contributed by atoms with van der Waals surface area (Å²) in [5.74, 6) is 0.152. The van der Waals surface area contributed by atoms with Crippen LogP contribution in [0.1, 0.15) is 5.56 Å². The molecule has 3 aromatic rings. The SMILES string of the molecule is CS(=O)(=O)c1ccc2ncnc(NCc3ccccc3F)c2c1. The molecule has 0 radical (unpaired) electrons. The second kappa shape index (κ2) is 5.92. The molecule has 118 valence electrons. The average molecular weight is 331 g/mol. The number of hydrogen-bond donors (Lipinski definition) is 1. The maximum absolute atomic E-state index is 13.7. The van der Waals surface area contributed by atoms with Gasteiger partial charge in [-0.15, -0.1) is 0 Å². The first kappa shape index (κ1) is 15.4. The number of sulfone groups is 1. The van der Waals surface area contributed by atoms with Crippen molar-refractivity contribution in [2.75, 3.05) is 11.6 Å². The first-order valence-electron chi connectivity index (χ1n) is 6.87. The van der Waals surface area contributed by atoms with Gasteiger partial charge in [-0.3, -0.25) is 0 Å². The van der Waals surface area contributed by atoms with E-state index in [0.29, 0.717) is 22.3 Å². The summed E-state index contributed by atoms with van der Waals surface area (Å²) in [6.07, 6.45) is 2.52. The Kier molecular flexibility index (Phi) is 3.96. The first-order chi connectivity index (χ1) is 10.9. The molecule has 0 aliphatic heterocycles. The molecule has 3 rings (SSSR count). The van der Waals surface area contributed by atoms with Gasteiger partial charge in [0.15, 0.2) is 9.84 Å². The number of rotatable bonds is 4. The monoisotopic (exact) mass is 331 g/mol. The van der Waals surface area contributed by atoms with Gasteiger partial charge >= 0.3 is 0 Å². The molecular formula is C16H14FN3O2S. The molecule has 0 saturated carbocycles. The minimum atomic E-state index is -3.33. The van der Waals surface area contributed by atoms with Crippen LogP contribution >= 0.6 is 0 Å². The lowest BCUT2D eigenvalue weighted by Crippen LogP contribution is -2.05. The Balaban J connectivity index is 1.99. The number of nitrogens with one attached hydrogen (secondary N) is 1. The van der Waals surface area contributed by atoms with Crippen molar-refractivity contribution in [2.45, 2.75) is 11.4 Å². The summed E-state index contributed by atoms with van der Waals surface area (Å²) in [5, 5.41) is 3.61. The number of anilines is 1. The third-order valence-corrected chi connectivity index (χ3v) is 4.55. The first-order valence-corrected chi connectivity index (χ1v) is 8.76. The molecule has 0 bridgehead atoms. The van der Waals surface area contributed by atoms with Crippen LogP contribution in [0, 0.1) is 5.82 Å². The maximum atomic E-state index is 13.7. The molecule has 23 heavy (non-hydrogen) atoms. The standard InChI is InChI=1S/C16H14FN3O2S/c1-23(21,22)12-6-7-15-13(8-12)16(20-10-19-15)18-9-11-4-2-3-5-14(11)17/h2-8,10H,9H2,1H3,(H,18,19,20). The van der Waals surface area contributed by atoms with E-state index in [4.69, 9.17) is 0 Å². The fraction of sp³-hybridized carbons (Fsp3) is 0.125. The minimum Gasteiger partial charge on any atom is -0.365 e. The highest BCUT2D eigenvalue weighted by Gasteiger charge is 2.11. The lowest BCUT2D eigenvalue weighted by molar-refractivity contribution is 0.602. The van der Waals surface area contributed by atoms with Gasteiger partial charge in [-0.1, -0.05) is 18.2 Å². The van der Waals surface area contributed by atoms with Crippen molar-refractivity contribution in [3.05, 3.63) is 60.2 Å². The van der Waals surface area contributed by atoms with Gasteiger partial charge in [0, 0.05) is 23.8 Å². The molecule has 7 heteroatoms. The van der Waals surface area contributed by atoms with Gasteiger partial charge in [0.2, 0.25) is 0 Å². The zero-order valence-corrected chi connectivity index (χ0v) is 13.1. The number of hydrogen-bond acceptors (Lipinski definition) is 5. The predicted octanol–water partition coefficient (Wildman–Crippen LogP) is 2.78. The van der Waals surface area contributed by atoms with Crippen LogP contribution in [0.4, 0.5) is 10.2 Å². The number of benzene rings is 2. The zero-order valence-electron chi connectivity index (χ0n) is 12.3. The van der Waals surface area contributed by atoms with E-state index < -0.39 is 9.84 Å². The Hall–Kier alpha value is -2.54. The summed E-state index contributed by atoms with van der Waals surface area (Å²) < 4.78 is 37.1. The van der Waals surface area contributed by atoms with Gasteiger partial charge in [-0.2, -0.15) is 0 Å². The summed E-state index contributed by atoms with van der Waals surface area (Å²) in [4.78, 5) is 8.44. The largest absolute Gasteiger partial charge is 0.365 e. The molecular weight excluding hydrogens is 317 g/mol. The smallest absolute Gasteiger partial charge is 0.175 e. The van der Waals surface area contributed by atoms with E-state index in [2.05, 4.69) is 15.3 Å². The average Bonchev–Trinajstić information content (AvgIpc) is 2.53. The van der Waals surface area contributed by atoms with Crippen molar-refractivity contribution in [1.82, 2.24) is 9.97 Å². The van der Waals surface area contributed by atoms with Crippen LogP contribution in [0.5, 0.6) is 0 Å². The number of aromatic nitrogens is 2. The van der Waals surface area contributed by atoms with Gasteiger partial charge in [0.05, 0.1) is 10.4 Å². The molecule has 0 saturated heterocycles. The van der Waals surface area contributed by atoms with Crippen molar-refractivity contribution in [3.63, 3.8) is 0 Å². The van der Waals surface area contributed by atoms with Crippen molar-refractivity contribution >= 4 is 26.6 Å². The minimum absolute atomic E-state index is 0.189. The van der Waals surface area contributed by atoms with Crippen LogP contribution in [0.25, 0.3) is 10.9 Å². The molecule has 1 heterocycles. The van der Waals surface area contributed by atoms with Gasteiger partial charge in [-0.25, -0.2) is 22.8 Å². The second-order valence-electron chi connectivity index (χ2n) is 5.12. The fourth-order valence-electron chi connectivity index (χ4n) is 2.23. The Morgan fingerprint density at radius 3 is 2.65 bits per heavy atom. The van der Waals surface area contributed by atoms with E-state index in [0.717, 1.165) is 6.26 Å². The Morgan fingerprint density at radius 2 is 1.91 bits per heavy atom.